The molecule has 0 saturated heterocycles. The molecular weight excluding hydrogens is 351 g/mol. The molecule has 0 aliphatic rings. The number of nitrogens with zero attached hydrogens (tertiary/aromatic N) is 3. The Bertz CT molecular complexity index is 891. The fourth-order valence-corrected chi connectivity index (χ4v) is 2.67. The van der Waals surface area contributed by atoms with E-state index in [0.29, 0.717) is 10.2 Å². The molecule has 1 N–H and O–H groups in total. The molecule has 0 unspecified atom stereocenters. The van der Waals surface area contributed by atoms with Gasteiger partial charge in [-0.2, -0.15) is 5.10 Å². The van der Waals surface area contributed by atoms with Gasteiger partial charge < -0.3 is 5.32 Å². The number of aryl methyl sites for hydroxylation is 2. The number of anilines is 1. The third kappa shape index (κ3) is 2.59. The number of rotatable bonds is 2. The number of halogens is 2. The van der Waals surface area contributed by atoms with Crippen molar-refractivity contribution in [1.29, 1.82) is 0 Å². The van der Waals surface area contributed by atoms with Gasteiger partial charge >= 0.3 is 0 Å². The number of nitrogens with one attached hydrogen (secondary N) is 1. The standard InChI is InChI=1S/C15H12BrFN4O/c1-8-11-6-10(7-18-14(11)21(2)20-8)19-15(22)12-5-9(17)3-4-13(12)16/h3-7H,1-2H3,(H,19,22). The highest BCUT2D eigenvalue weighted by atomic mass is 79.9. The molecule has 1 aromatic carbocycles. The van der Waals surface area contributed by atoms with E-state index in [2.05, 4.69) is 31.3 Å². The Morgan fingerprint density at radius 1 is 1.36 bits per heavy atom. The molecule has 0 atom stereocenters. The average Bonchev–Trinajstić information content (AvgIpc) is 2.76. The molecular formula is C15H12BrFN4O. The summed E-state index contributed by atoms with van der Waals surface area (Å²) in [5.41, 5.74) is 2.32. The summed E-state index contributed by atoms with van der Waals surface area (Å²) in [5, 5.41) is 7.86. The van der Waals surface area contributed by atoms with Gasteiger partial charge in [-0.25, -0.2) is 9.37 Å². The molecule has 0 bridgehead atoms. The van der Waals surface area contributed by atoms with Crippen molar-refractivity contribution >= 4 is 38.6 Å². The Hall–Kier alpha value is -2.28. The lowest BCUT2D eigenvalue weighted by atomic mass is 10.2. The fraction of sp³-hybridized carbons (Fsp3) is 0.133. The maximum atomic E-state index is 13.3. The van der Waals surface area contributed by atoms with E-state index >= 15 is 0 Å². The Labute approximate surface area is 134 Å². The highest BCUT2D eigenvalue weighted by Crippen LogP contribution is 2.22. The molecule has 0 aliphatic carbocycles. The van der Waals surface area contributed by atoms with Crippen LogP contribution in [0.1, 0.15) is 16.1 Å². The van der Waals surface area contributed by atoms with Crippen LogP contribution in [0.25, 0.3) is 11.0 Å². The van der Waals surface area contributed by atoms with Crippen LogP contribution in [0.15, 0.2) is 34.9 Å². The van der Waals surface area contributed by atoms with Crippen LogP contribution in [0.5, 0.6) is 0 Å². The van der Waals surface area contributed by atoms with E-state index in [1.807, 2.05) is 14.0 Å². The lowest BCUT2D eigenvalue weighted by Gasteiger charge is -2.07. The SMILES string of the molecule is Cc1nn(C)c2ncc(NC(=O)c3cc(F)ccc3Br)cc12. The molecule has 0 fully saturated rings. The van der Waals surface area contributed by atoms with E-state index in [4.69, 9.17) is 0 Å². The summed E-state index contributed by atoms with van der Waals surface area (Å²) in [4.78, 5) is 16.5. The zero-order valence-electron chi connectivity index (χ0n) is 11.9. The summed E-state index contributed by atoms with van der Waals surface area (Å²) in [7, 11) is 1.81. The third-order valence-electron chi connectivity index (χ3n) is 3.29. The van der Waals surface area contributed by atoms with Crippen molar-refractivity contribution in [2.45, 2.75) is 6.92 Å². The molecule has 5 nitrogen and oxygen atoms in total. The first-order chi connectivity index (χ1) is 10.5. The van der Waals surface area contributed by atoms with Crippen LogP contribution in [0.3, 0.4) is 0 Å². The summed E-state index contributed by atoms with van der Waals surface area (Å²) in [6.45, 7) is 1.87. The zero-order chi connectivity index (χ0) is 15.9. The summed E-state index contributed by atoms with van der Waals surface area (Å²) in [6.07, 6.45) is 1.55. The first-order valence-electron chi connectivity index (χ1n) is 6.51. The predicted molar refractivity (Wildman–Crippen MR) is 85.3 cm³/mol. The molecule has 112 valence electrons. The highest BCUT2D eigenvalue weighted by Gasteiger charge is 2.13. The molecule has 0 saturated carbocycles. The van der Waals surface area contributed by atoms with E-state index in [-0.39, 0.29) is 5.56 Å². The number of hydrogen-bond acceptors (Lipinski definition) is 3. The van der Waals surface area contributed by atoms with Crippen LogP contribution in [0, 0.1) is 12.7 Å². The van der Waals surface area contributed by atoms with E-state index in [1.165, 1.54) is 18.2 Å². The lowest BCUT2D eigenvalue weighted by molar-refractivity contribution is 0.102. The molecule has 2 heterocycles. The number of fused-ring (bicyclic) bond motifs is 1. The predicted octanol–water partition coefficient (Wildman–Crippen LogP) is 3.43. The van der Waals surface area contributed by atoms with E-state index in [9.17, 15) is 9.18 Å². The van der Waals surface area contributed by atoms with Crippen LogP contribution in [-0.4, -0.2) is 20.7 Å². The smallest absolute Gasteiger partial charge is 0.256 e. The average molecular weight is 363 g/mol. The summed E-state index contributed by atoms with van der Waals surface area (Å²) in [5.74, 6) is -0.876. The van der Waals surface area contributed by atoms with Crippen molar-refractivity contribution in [2.75, 3.05) is 5.32 Å². The number of benzene rings is 1. The van der Waals surface area contributed by atoms with Crippen LogP contribution in [0.2, 0.25) is 0 Å². The minimum absolute atomic E-state index is 0.225. The molecule has 3 aromatic rings. The molecule has 0 spiro atoms. The third-order valence-corrected chi connectivity index (χ3v) is 3.99. The highest BCUT2D eigenvalue weighted by molar-refractivity contribution is 9.10. The number of pyridine rings is 1. The van der Waals surface area contributed by atoms with Gasteiger partial charge in [0, 0.05) is 16.9 Å². The molecule has 1 amide bonds. The number of carbonyl (C=O) groups is 1. The van der Waals surface area contributed by atoms with Crippen molar-refractivity contribution in [3.63, 3.8) is 0 Å². The quantitative estimate of drug-likeness (QED) is 0.759. The minimum Gasteiger partial charge on any atom is -0.321 e. The van der Waals surface area contributed by atoms with Gasteiger partial charge in [0.2, 0.25) is 0 Å². The number of carbonyl (C=O) groups excluding carboxylic acids is 1. The first-order valence-corrected chi connectivity index (χ1v) is 7.31. The molecule has 2 aromatic heterocycles. The summed E-state index contributed by atoms with van der Waals surface area (Å²) in [6, 6.07) is 5.76. The second-order valence-electron chi connectivity index (χ2n) is 4.88. The van der Waals surface area contributed by atoms with Gasteiger partial charge in [-0.05, 0) is 47.1 Å². The molecule has 3 rings (SSSR count). The maximum Gasteiger partial charge on any atom is 0.256 e. The monoisotopic (exact) mass is 362 g/mol. The van der Waals surface area contributed by atoms with Gasteiger partial charge in [0.05, 0.1) is 23.1 Å². The second kappa shape index (κ2) is 5.49. The Morgan fingerprint density at radius 2 is 2.14 bits per heavy atom. The lowest BCUT2D eigenvalue weighted by Crippen LogP contribution is -2.13. The molecule has 0 aliphatic heterocycles. The maximum absolute atomic E-state index is 13.3. The van der Waals surface area contributed by atoms with Gasteiger partial charge in [-0.3, -0.25) is 9.48 Å². The Morgan fingerprint density at radius 3 is 2.91 bits per heavy atom. The Balaban J connectivity index is 1.94. The van der Waals surface area contributed by atoms with Crippen LogP contribution >= 0.6 is 15.9 Å². The summed E-state index contributed by atoms with van der Waals surface area (Å²) < 4.78 is 15.5. The van der Waals surface area contributed by atoms with Gasteiger partial charge in [0.15, 0.2) is 5.65 Å². The number of aromatic nitrogens is 3. The second-order valence-corrected chi connectivity index (χ2v) is 5.74. The Kier molecular flexibility index (Phi) is 3.66. The molecule has 0 radical (unpaired) electrons. The fourth-order valence-electron chi connectivity index (χ4n) is 2.25. The van der Waals surface area contributed by atoms with Crippen LogP contribution < -0.4 is 5.32 Å². The van der Waals surface area contributed by atoms with E-state index < -0.39 is 11.7 Å². The normalized spacial score (nSPS) is 10.9. The van der Waals surface area contributed by atoms with Crippen LogP contribution in [-0.2, 0) is 7.05 Å². The van der Waals surface area contributed by atoms with Crippen molar-refractivity contribution < 1.29 is 9.18 Å². The van der Waals surface area contributed by atoms with E-state index in [0.717, 1.165) is 16.7 Å². The van der Waals surface area contributed by atoms with Gasteiger partial charge in [0.25, 0.3) is 5.91 Å². The number of hydrogen-bond donors (Lipinski definition) is 1. The minimum atomic E-state index is -0.468. The van der Waals surface area contributed by atoms with Crippen molar-refractivity contribution in [2.24, 2.45) is 7.05 Å². The van der Waals surface area contributed by atoms with E-state index in [1.54, 1.807) is 16.9 Å². The number of amides is 1. The van der Waals surface area contributed by atoms with Crippen molar-refractivity contribution in [1.82, 2.24) is 14.8 Å². The van der Waals surface area contributed by atoms with Gasteiger partial charge in [0.1, 0.15) is 5.82 Å². The zero-order valence-corrected chi connectivity index (χ0v) is 13.5. The van der Waals surface area contributed by atoms with Crippen LogP contribution in [0.4, 0.5) is 10.1 Å². The topological polar surface area (TPSA) is 59.8 Å². The summed E-state index contributed by atoms with van der Waals surface area (Å²) >= 11 is 3.24. The molecule has 7 heteroatoms. The molecule has 22 heavy (non-hydrogen) atoms. The van der Waals surface area contributed by atoms with Gasteiger partial charge in [-0.15, -0.1) is 0 Å². The first kappa shape index (κ1) is 14.6. The van der Waals surface area contributed by atoms with Crippen molar-refractivity contribution in [3.05, 3.63) is 52.0 Å². The van der Waals surface area contributed by atoms with Crippen molar-refractivity contribution in [3.8, 4) is 0 Å². The largest absolute Gasteiger partial charge is 0.321 e. The van der Waals surface area contributed by atoms with Gasteiger partial charge in [-0.1, -0.05) is 0 Å².